The molecule has 1 amide bonds. The zero-order valence-corrected chi connectivity index (χ0v) is 11.3. The predicted octanol–water partition coefficient (Wildman–Crippen LogP) is 1.95. The van der Waals surface area contributed by atoms with Gasteiger partial charge in [-0.15, -0.1) is 0 Å². The first-order valence-electron chi connectivity index (χ1n) is 6.07. The van der Waals surface area contributed by atoms with Crippen LogP contribution in [-0.4, -0.2) is 44.6 Å². The lowest BCUT2D eigenvalue weighted by atomic mass is 10.2. The Morgan fingerprint density at radius 3 is 2.19 bits per heavy atom. The molecule has 0 fully saturated rings. The van der Waals surface area contributed by atoms with E-state index in [9.17, 15) is 4.79 Å². The summed E-state index contributed by atoms with van der Waals surface area (Å²) in [5, 5.41) is 2.85. The van der Waals surface area contributed by atoms with E-state index in [1.54, 1.807) is 6.92 Å². The van der Waals surface area contributed by atoms with Gasteiger partial charge in [0, 0.05) is 12.1 Å². The Labute approximate surface area is 100 Å². The lowest BCUT2D eigenvalue weighted by molar-refractivity contribution is -0.870. The van der Waals surface area contributed by atoms with Gasteiger partial charge in [-0.25, -0.2) is 0 Å². The van der Waals surface area contributed by atoms with E-state index in [-0.39, 0.29) is 5.91 Å². The van der Waals surface area contributed by atoms with Crippen molar-refractivity contribution in [3.8, 4) is 0 Å². The van der Waals surface area contributed by atoms with Crippen LogP contribution in [0.2, 0.25) is 0 Å². The minimum absolute atomic E-state index is 0.0219. The SMILES string of the molecule is C=C(C)C(=O)NCCCCCC[N+](C)(C)C. The van der Waals surface area contributed by atoms with Crippen molar-refractivity contribution in [1.82, 2.24) is 5.32 Å². The minimum atomic E-state index is -0.0219. The highest BCUT2D eigenvalue weighted by Crippen LogP contribution is 2.02. The molecule has 0 radical (unpaired) electrons. The van der Waals surface area contributed by atoms with Crippen LogP contribution in [0, 0.1) is 0 Å². The predicted molar refractivity (Wildman–Crippen MR) is 69.2 cm³/mol. The van der Waals surface area contributed by atoms with Crippen molar-refractivity contribution in [1.29, 1.82) is 0 Å². The Kier molecular flexibility index (Phi) is 7.06. The van der Waals surface area contributed by atoms with Crippen LogP contribution in [0.5, 0.6) is 0 Å². The van der Waals surface area contributed by atoms with E-state index in [0.29, 0.717) is 5.57 Å². The molecular formula is C13H27N2O+. The largest absolute Gasteiger partial charge is 0.352 e. The van der Waals surface area contributed by atoms with Crippen LogP contribution in [0.15, 0.2) is 12.2 Å². The third kappa shape index (κ3) is 9.71. The number of amides is 1. The van der Waals surface area contributed by atoms with Crippen molar-refractivity contribution in [2.75, 3.05) is 34.2 Å². The normalized spacial score (nSPS) is 11.2. The van der Waals surface area contributed by atoms with Crippen LogP contribution < -0.4 is 5.32 Å². The molecule has 0 spiro atoms. The van der Waals surface area contributed by atoms with Gasteiger partial charge in [-0.3, -0.25) is 4.79 Å². The van der Waals surface area contributed by atoms with Crippen LogP contribution in [0.25, 0.3) is 0 Å². The molecule has 0 aliphatic rings. The van der Waals surface area contributed by atoms with Crippen LogP contribution in [0.4, 0.5) is 0 Å². The molecule has 0 aliphatic heterocycles. The van der Waals surface area contributed by atoms with Crippen LogP contribution in [0.1, 0.15) is 32.6 Å². The lowest BCUT2D eigenvalue weighted by Crippen LogP contribution is -2.35. The number of quaternary nitrogens is 1. The van der Waals surface area contributed by atoms with E-state index in [2.05, 4.69) is 33.0 Å². The smallest absolute Gasteiger partial charge is 0.246 e. The molecule has 0 rings (SSSR count). The first-order valence-corrected chi connectivity index (χ1v) is 6.07. The van der Waals surface area contributed by atoms with Gasteiger partial charge in [0.2, 0.25) is 5.91 Å². The highest BCUT2D eigenvalue weighted by Gasteiger charge is 2.05. The summed E-state index contributed by atoms with van der Waals surface area (Å²) in [6.07, 6.45) is 4.77. The van der Waals surface area contributed by atoms with Crippen molar-refractivity contribution in [3.05, 3.63) is 12.2 Å². The Morgan fingerprint density at radius 2 is 1.69 bits per heavy atom. The van der Waals surface area contributed by atoms with Gasteiger partial charge in [0.1, 0.15) is 0 Å². The topological polar surface area (TPSA) is 29.1 Å². The summed E-state index contributed by atoms with van der Waals surface area (Å²) in [4.78, 5) is 11.2. The first kappa shape index (κ1) is 15.2. The Morgan fingerprint density at radius 1 is 1.12 bits per heavy atom. The van der Waals surface area contributed by atoms with Gasteiger partial charge in [-0.2, -0.15) is 0 Å². The summed E-state index contributed by atoms with van der Waals surface area (Å²) in [6, 6.07) is 0. The molecule has 3 nitrogen and oxygen atoms in total. The maximum Gasteiger partial charge on any atom is 0.246 e. The lowest BCUT2D eigenvalue weighted by Gasteiger charge is -2.23. The van der Waals surface area contributed by atoms with Crippen LogP contribution >= 0.6 is 0 Å². The highest BCUT2D eigenvalue weighted by atomic mass is 16.1. The monoisotopic (exact) mass is 227 g/mol. The summed E-state index contributed by atoms with van der Waals surface area (Å²) in [5.41, 5.74) is 0.588. The van der Waals surface area contributed by atoms with E-state index >= 15 is 0 Å². The first-order chi connectivity index (χ1) is 7.33. The van der Waals surface area contributed by atoms with Gasteiger partial charge in [0.15, 0.2) is 0 Å². The molecule has 0 unspecified atom stereocenters. The number of nitrogens with one attached hydrogen (secondary N) is 1. The number of hydrogen-bond donors (Lipinski definition) is 1. The molecule has 0 saturated heterocycles. The average Bonchev–Trinajstić information content (AvgIpc) is 2.14. The average molecular weight is 227 g/mol. The zero-order valence-electron chi connectivity index (χ0n) is 11.3. The number of rotatable bonds is 8. The second kappa shape index (κ2) is 7.44. The van der Waals surface area contributed by atoms with Gasteiger partial charge in [0.25, 0.3) is 0 Å². The molecule has 0 aromatic heterocycles. The Hall–Kier alpha value is -0.830. The van der Waals surface area contributed by atoms with Gasteiger partial charge in [0.05, 0.1) is 27.7 Å². The van der Waals surface area contributed by atoms with Gasteiger partial charge in [-0.05, 0) is 26.2 Å². The fourth-order valence-corrected chi connectivity index (χ4v) is 1.42. The van der Waals surface area contributed by atoms with Crippen LogP contribution in [0.3, 0.4) is 0 Å². The zero-order chi connectivity index (χ0) is 12.6. The molecule has 16 heavy (non-hydrogen) atoms. The molecule has 0 aliphatic carbocycles. The molecule has 0 heterocycles. The third-order valence-electron chi connectivity index (χ3n) is 2.43. The molecular weight excluding hydrogens is 200 g/mol. The molecule has 0 atom stereocenters. The quantitative estimate of drug-likeness (QED) is 0.383. The Bertz CT molecular complexity index is 229. The van der Waals surface area contributed by atoms with Crippen molar-refractivity contribution < 1.29 is 9.28 Å². The molecule has 0 saturated carbocycles. The maximum absolute atomic E-state index is 11.2. The van der Waals surface area contributed by atoms with Gasteiger partial charge < -0.3 is 9.80 Å². The van der Waals surface area contributed by atoms with Crippen LogP contribution in [-0.2, 0) is 4.79 Å². The van der Waals surface area contributed by atoms with E-state index < -0.39 is 0 Å². The standard InChI is InChI=1S/C13H26N2O/c1-12(2)13(16)14-10-8-6-7-9-11-15(3,4)5/h1,6-11H2,2-5H3/p+1. The van der Waals surface area contributed by atoms with Gasteiger partial charge >= 0.3 is 0 Å². The van der Waals surface area contributed by atoms with E-state index in [1.165, 1.54) is 25.8 Å². The van der Waals surface area contributed by atoms with E-state index in [1.807, 2.05) is 0 Å². The fraction of sp³-hybridized carbons (Fsp3) is 0.769. The number of hydrogen-bond acceptors (Lipinski definition) is 1. The summed E-state index contributed by atoms with van der Waals surface area (Å²) in [5.74, 6) is -0.0219. The Balaban J connectivity index is 3.29. The van der Waals surface area contributed by atoms with Crippen molar-refractivity contribution >= 4 is 5.91 Å². The van der Waals surface area contributed by atoms with E-state index in [0.717, 1.165) is 17.4 Å². The second-order valence-corrected chi connectivity index (χ2v) is 5.46. The number of unbranched alkanes of at least 4 members (excludes halogenated alkanes) is 3. The summed E-state index contributed by atoms with van der Waals surface area (Å²) >= 11 is 0. The number of carbonyl (C=O) groups is 1. The van der Waals surface area contributed by atoms with Crippen molar-refractivity contribution in [3.63, 3.8) is 0 Å². The molecule has 1 N–H and O–H groups in total. The minimum Gasteiger partial charge on any atom is -0.352 e. The third-order valence-corrected chi connectivity index (χ3v) is 2.43. The summed E-state index contributed by atoms with van der Waals surface area (Å²) in [6.45, 7) is 7.32. The van der Waals surface area contributed by atoms with Crippen molar-refractivity contribution in [2.45, 2.75) is 32.6 Å². The maximum atomic E-state index is 11.2. The van der Waals surface area contributed by atoms with Crippen molar-refractivity contribution in [2.24, 2.45) is 0 Å². The molecule has 0 bridgehead atoms. The fourth-order valence-electron chi connectivity index (χ4n) is 1.42. The molecule has 0 aromatic carbocycles. The number of carbonyl (C=O) groups excluding carboxylic acids is 1. The molecule has 0 aromatic rings. The summed E-state index contributed by atoms with van der Waals surface area (Å²) in [7, 11) is 6.65. The van der Waals surface area contributed by atoms with Gasteiger partial charge in [-0.1, -0.05) is 13.0 Å². The molecule has 94 valence electrons. The van der Waals surface area contributed by atoms with E-state index in [4.69, 9.17) is 0 Å². The highest BCUT2D eigenvalue weighted by molar-refractivity contribution is 5.91. The number of nitrogens with zero attached hydrogens (tertiary/aromatic N) is 1. The molecule has 3 heteroatoms. The second-order valence-electron chi connectivity index (χ2n) is 5.46. The summed E-state index contributed by atoms with van der Waals surface area (Å²) < 4.78 is 1.03.